The third kappa shape index (κ3) is 3.56. The fourth-order valence-corrected chi connectivity index (χ4v) is 4.64. The first-order chi connectivity index (χ1) is 10.0. The predicted octanol–water partition coefficient (Wildman–Crippen LogP) is 0.857. The second kappa shape index (κ2) is 5.67. The molecule has 0 unspecified atom stereocenters. The number of nitrogens with one attached hydrogen (secondary N) is 1. The third-order valence-electron chi connectivity index (χ3n) is 4.04. The van der Waals surface area contributed by atoms with Gasteiger partial charge >= 0.3 is 0 Å². The van der Waals surface area contributed by atoms with Gasteiger partial charge in [0, 0.05) is 6.04 Å². The average Bonchev–Trinajstić information content (AvgIpc) is 3.02. The molecule has 1 saturated heterocycles. The van der Waals surface area contributed by atoms with Crippen LogP contribution in [0, 0.1) is 0 Å². The van der Waals surface area contributed by atoms with Crippen molar-refractivity contribution in [1.82, 2.24) is 5.32 Å². The summed E-state index contributed by atoms with van der Waals surface area (Å²) < 4.78 is 28.1. The van der Waals surface area contributed by atoms with Gasteiger partial charge in [-0.25, -0.2) is 8.42 Å². The maximum absolute atomic E-state index is 11.8. The first-order valence-electron chi connectivity index (χ1n) is 7.26. The third-order valence-corrected chi connectivity index (χ3v) is 5.81. The molecule has 0 bridgehead atoms. The van der Waals surface area contributed by atoms with Crippen molar-refractivity contribution >= 4 is 15.7 Å². The molecular formula is C15H19NO4S. The van der Waals surface area contributed by atoms with Crippen LogP contribution in [0.25, 0.3) is 0 Å². The van der Waals surface area contributed by atoms with E-state index in [-0.39, 0.29) is 30.1 Å². The summed E-state index contributed by atoms with van der Waals surface area (Å²) in [7, 11) is -2.97. The lowest BCUT2D eigenvalue weighted by molar-refractivity contribution is -0.123. The zero-order valence-corrected chi connectivity index (χ0v) is 12.6. The summed E-state index contributed by atoms with van der Waals surface area (Å²) in [5, 5.41) is 2.71. The van der Waals surface area contributed by atoms with Crippen molar-refractivity contribution in [3.05, 3.63) is 29.3 Å². The Kier molecular flexibility index (Phi) is 3.89. The number of carbonyl (C=O) groups is 1. The molecule has 114 valence electrons. The number of sulfone groups is 1. The summed E-state index contributed by atoms with van der Waals surface area (Å²) in [6.45, 7) is -0.0741. The number of rotatable bonds is 4. The number of carbonyl (C=O) groups excluding carboxylic acids is 1. The standard InChI is InChI=1S/C15H19NO4S/c17-15(16-13-6-7-21(18,19)10-13)9-20-14-5-4-11-2-1-3-12(11)8-14/h4-5,8,13H,1-3,6-7,9-10H2,(H,16,17)/t13-/m1/s1. The molecule has 1 aliphatic heterocycles. The van der Waals surface area contributed by atoms with Gasteiger partial charge in [-0.05, 0) is 48.9 Å². The Balaban J connectivity index is 1.50. The van der Waals surface area contributed by atoms with Gasteiger partial charge in [-0.1, -0.05) is 6.07 Å². The zero-order chi connectivity index (χ0) is 14.9. The minimum Gasteiger partial charge on any atom is -0.484 e. The Hall–Kier alpha value is -1.56. The number of hydrogen-bond donors (Lipinski definition) is 1. The second-order valence-electron chi connectivity index (χ2n) is 5.74. The number of ether oxygens (including phenoxy) is 1. The second-order valence-corrected chi connectivity index (χ2v) is 7.97. The van der Waals surface area contributed by atoms with Crippen molar-refractivity contribution in [3.63, 3.8) is 0 Å². The summed E-state index contributed by atoms with van der Waals surface area (Å²) in [5.74, 6) is 0.628. The molecule has 5 nitrogen and oxygen atoms in total. The molecular weight excluding hydrogens is 290 g/mol. The van der Waals surface area contributed by atoms with Gasteiger partial charge in [0.15, 0.2) is 16.4 Å². The van der Waals surface area contributed by atoms with Crippen molar-refractivity contribution in [2.75, 3.05) is 18.1 Å². The summed E-state index contributed by atoms with van der Waals surface area (Å²) in [6.07, 6.45) is 3.85. The van der Waals surface area contributed by atoms with Crippen molar-refractivity contribution < 1.29 is 17.9 Å². The molecule has 1 atom stereocenters. The number of amides is 1. The molecule has 1 aromatic carbocycles. The van der Waals surface area contributed by atoms with Crippen LogP contribution in [0.1, 0.15) is 24.0 Å². The molecule has 1 amide bonds. The topological polar surface area (TPSA) is 72.5 Å². The summed E-state index contributed by atoms with van der Waals surface area (Å²) in [5.41, 5.74) is 2.66. The van der Waals surface area contributed by atoms with Crippen LogP contribution in [-0.4, -0.2) is 38.5 Å². The van der Waals surface area contributed by atoms with Crippen molar-refractivity contribution in [2.45, 2.75) is 31.7 Å². The first-order valence-corrected chi connectivity index (χ1v) is 9.08. The smallest absolute Gasteiger partial charge is 0.258 e. The van der Waals surface area contributed by atoms with E-state index < -0.39 is 9.84 Å². The van der Waals surface area contributed by atoms with E-state index >= 15 is 0 Å². The van der Waals surface area contributed by atoms with Gasteiger partial charge in [0.1, 0.15) is 5.75 Å². The Morgan fingerprint density at radius 2 is 2.10 bits per heavy atom. The van der Waals surface area contributed by atoms with Crippen LogP contribution in [0.3, 0.4) is 0 Å². The lowest BCUT2D eigenvalue weighted by Gasteiger charge is -2.12. The van der Waals surface area contributed by atoms with Crippen molar-refractivity contribution in [1.29, 1.82) is 0 Å². The summed E-state index contributed by atoms with van der Waals surface area (Å²) in [6, 6.07) is 5.66. The van der Waals surface area contributed by atoms with E-state index in [9.17, 15) is 13.2 Å². The fraction of sp³-hybridized carbons (Fsp3) is 0.533. The van der Waals surface area contributed by atoms with Crippen molar-refractivity contribution in [3.8, 4) is 5.75 Å². The molecule has 3 rings (SSSR count). The van der Waals surface area contributed by atoms with E-state index in [4.69, 9.17) is 4.74 Å². The van der Waals surface area contributed by atoms with E-state index in [0.717, 1.165) is 12.8 Å². The van der Waals surface area contributed by atoms with Crippen LogP contribution in [0.4, 0.5) is 0 Å². The van der Waals surface area contributed by atoms with Crippen LogP contribution in [-0.2, 0) is 27.5 Å². The lowest BCUT2D eigenvalue weighted by Crippen LogP contribution is -2.38. The summed E-state index contributed by atoms with van der Waals surface area (Å²) in [4.78, 5) is 11.8. The molecule has 1 N–H and O–H groups in total. The molecule has 2 aliphatic rings. The monoisotopic (exact) mass is 309 g/mol. The van der Waals surface area contributed by atoms with Gasteiger partial charge in [-0.15, -0.1) is 0 Å². The molecule has 6 heteroatoms. The quantitative estimate of drug-likeness (QED) is 0.895. The van der Waals surface area contributed by atoms with Gasteiger partial charge in [-0.3, -0.25) is 4.79 Å². The highest BCUT2D eigenvalue weighted by atomic mass is 32.2. The van der Waals surface area contributed by atoms with Crippen LogP contribution in [0.2, 0.25) is 0 Å². The van der Waals surface area contributed by atoms with E-state index in [1.165, 1.54) is 17.5 Å². The van der Waals surface area contributed by atoms with Crippen LogP contribution in [0.15, 0.2) is 18.2 Å². The predicted molar refractivity (Wildman–Crippen MR) is 79.2 cm³/mol. The largest absolute Gasteiger partial charge is 0.484 e. The van der Waals surface area contributed by atoms with Gasteiger partial charge in [0.2, 0.25) is 0 Å². The molecule has 0 aromatic heterocycles. The highest BCUT2D eigenvalue weighted by Crippen LogP contribution is 2.25. The highest BCUT2D eigenvalue weighted by molar-refractivity contribution is 7.91. The molecule has 1 aliphatic carbocycles. The maximum Gasteiger partial charge on any atom is 0.258 e. The minimum absolute atomic E-state index is 0.0393. The van der Waals surface area contributed by atoms with Crippen LogP contribution < -0.4 is 10.1 Å². The van der Waals surface area contributed by atoms with E-state index in [1.54, 1.807) is 0 Å². The Morgan fingerprint density at radius 1 is 1.29 bits per heavy atom. The fourth-order valence-electron chi connectivity index (χ4n) is 2.97. The zero-order valence-electron chi connectivity index (χ0n) is 11.8. The van der Waals surface area contributed by atoms with Crippen molar-refractivity contribution in [2.24, 2.45) is 0 Å². The van der Waals surface area contributed by atoms with Crippen LogP contribution in [0.5, 0.6) is 5.75 Å². The maximum atomic E-state index is 11.8. The number of hydrogen-bond acceptors (Lipinski definition) is 4. The molecule has 1 aromatic rings. The molecule has 21 heavy (non-hydrogen) atoms. The van der Waals surface area contributed by atoms with Gasteiger partial charge < -0.3 is 10.1 Å². The Bertz CT molecular complexity index is 654. The lowest BCUT2D eigenvalue weighted by atomic mass is 10.1. The van der Waals surface area contributed by atoms with Gasteiger partial charge in [-0.2, -0.15) is 0 Å². The average molecular weight is 309 g/mol. The molecule has 1 heterocycles. The molecule has 0 saturated carbocycles. The van der Waals surface area contributed by atoms with E-state index in [1.807, 2.05) is 12.1 Å². The molecule has 1 fully saturated rings. The van der Waals surface area contributed by atoms with E-state index in [0.29, 0.717) is 12.2 Å². The minimum atomic E-state index is -2.97. The summed E-state index contributed by atoms with van der Waals surface area (Å²) >= 11 is 0. The molecule has 0 radical (unpaired) electrons. The van der Waals surface area contributed by atoms with Crippen LogP contribution >= 0.6 is 0 Å². The normalized spacial score (nSPS) is 22.8. The SMILES string of the molecule is O=C(COc1ccc2c(c1)CCC2)N[C@@H]1CCS(=O)(=O)C1. The molecule has 0 spiro atoms. The number of benzene rings is 1. The number of fused-ring (bicyclic) bond motifs is 1. The van der Waals surface area contributed by atoms with E-state index in [2.05, 4.69) is 11.4 Å². The van der Waals surface area contributed by atoms with Gasteiger partial charge in [0.05, 0.1) is 11.5 Å². The Morgan fingerprint density at radius 3 is 2.86 bits per heavy atom. The highest BCUT2D eigenvalue weighted by Gasteiger charge is 2.28. The first kappa shape index (κ1) is 14.4. The number of aryl methyl sites for hydroxylation is 2. The Labute approximate surface area is 124 Å². The van der Waals surface area contributed by atoms with Gasteiger partial charge in [0.25, 0.3) is 5.91 Å².